The number of aryl methyl sites for hydroxylation is 1. The molecule has 0 amide bonds. The van der Waals surface area contributed by atoms with Crippen LogP contribution in [0, 0.1) is 0 Å². The highest BCUT2D eigenvalue weighted by Crippen LogP contribution is 2.16. The van der Waals surface area contributed by atoms with Gasteiger partial charge in [-0.2, -0.15) is 4.98 Å². The molecule has 0 fully saturated rings. The van der Waals surface area contributed by atoms with Crippen LogP contribution in [-0.4, -0.2) is 23.2 Å². The molecule has 0 aliphatic rings. The monoisotopic (exact) mass is 307 g/mol. The highest BCUT2D eigenvalue weighted by atomic mass is 16.5. The molecule has 1 heterocycles. The zero-order chi connectivity index (χ0) is 15.9. The first kappa shape index (κ1) is 15.3. The quantitative estimate of drug-likeness (QED) is 0.656. The third kappa shape index (κ3) is 3.97. The third-order valence-corrected chi connectivity index (χ3v) is 3.82. The van der Waals surface area contributed by atoms with E-state index in [1.807, 2.05) is 36.4 Å². The van der Waals surface area contributed by atoms with Crippen LogP contribution in [0.3, 0.4) is 0 Å². The molecule has 0 spiro atoms. The lowest BCUT2D eigenvalue weighted by atomic mass is 10.2. The number of rotatable bonds is 7. The van der Waals surface area contributed by atoms with Crippen molar-refractivity contribution in [1.82, 2.24) is 10.1 Å². The van der Waals surface area contributed by atoms with E-state index in [2.05, 4.69) is 46.2 Å². The van der Waals surface area contributed by atoms with E-state index >= 15 is 0 Å². The Morgan fingerprint density at radius 2 is 1.65 bits per heavy atom. The summed E-state index contributed by atoms with van der Waals surface area (Å²) in [5.74, 6) is 1.36. The predicted octanol–water partition coefficient (Wildman–Crippen LogP) is 4.20. The molecule has 4 nitrogen and oxygen atoms in total. The van der Waals surface area contributed by atoms with Gasteiger partial charge in [-0.15, -0.1) is 0 Å². The minimum Gasteiger partial charge on any atom is -0.372 e. The molecule has 0 aliphatic heterocycles. The van der Waals surface area contributed by atoms with Gasteiger partial charge in [0.25, 0.3) is 0 Å². The standard InChI is InChI=1S/C19H21N3O/c1-2-22(17-12-7-4-8-13-17)15-9-14-18-20-19(21-23-18)16-10-5-3-6-11-16/h3-8,10-13H,2,9,14-15H2,1H3. The summed E-state index contributed by atoms with van der Waals surface area (Å²) in [4.78, 5) is 6.84. The number of para-hydroxylation sites is 1. The molecular weight excluding hydrogens is 286 g/mol. The highest BCUT2D eigenvalue weighted by molar-refractivity contribution is 5.53. The van der Waals surface area contributed by atoms with Gasteiger partial charge >= 0.3 is 0 Å². The van der Waals surface area contributed by atoms with Crippen LogP contribution in [0.15, 0.2) is 65.2 Å². The Morgan fingerprint density at radius 1 is 0.957 bits per heavy atom. The third-order valence-electron chi connectivity index (χ3n) is 3.82. The lowest BCUT2D eigenvalue weighted by Crippen LogP contribution is -2.24. The van der Waals surface area contributed by atoms with Crippen molar-refractivity contribution in [2.75, 3.05) is 18.0 Å². The molecule has 0 N–H and O–H groups in total. The lowest BCUT2D eigenvalue weighted by molar-refractivity contribution is 0.376. The molecule has 118 valence electrons. The second kappa shape index (κ2) is 7.58. The maximum atomic E-state index is 5.36. The van der Waals surface area contributed by atoms with Crippen molar-refractivity contribution in [1.29, 1.82) is 0 Å². The smallest absolute Gasteiger partial charge is 0.227 e. The molecule has 2 aromatic carbocycles. The maximum Gasteiger partial charge on any atom is 0.227 e. The van der Waals surface area contributed by atoms with E-state index < -0.39 is 0 Å². The first-order valence-corrected chi connectivity index (χ1v) is 8.05. The summed E-state index contributed by atoms with van der Waals surface area (Å²) in [6.45, 7) is 4.14. The highest BCUT2D eigenvalue weighted by Gasteiger charge is 2.09. The number of hydrogen-bond donors (Lipinski definition) is 0. The predicted molar refractivity (Wildman–Crippen MR) is 92.4 cm³/mol. The van der Waals surface area contributed by atoms with Crippen molar-refractivity contribution in [3.8, 4) is 11.4 Å². The number of benzene rings is 2. The summed E-state index contributed by atoms with van der Waals surface area (Å²) in [7, 11) is 0. The van der Waals surface area contributed by atoms with Crippen LogP contribution in [0.25, 0.3) is 11.4 Å². The Labute approximate surface area is 136 Å². The number of hydrogen-bond acceptors (Lipinski definition) is 4. The van der Waals surface area contributed by atoms with Gasteiger partial charge in [-0.1, -0.05) is 53.7 Å². The Bertz CT molecular complexity index is 710. The van der Waals surface area contributed by atoms with E-state index in [9.17, 15) is 0 Å². The zero-order valence-corrected chi connectivity index (χ0v) is 13.4. The van der Waals surface area contributed by atoms with Gasteiger partial charge in [0, 0.05) is 30.8 Å². The molecule has 23 heavy (non-hydrogen) atoms. The Kier molecular flexibility index (Phi) is 5.04. The van der Waals surface area contributed by atoms with Crippen molar-refractivity contribution in [3.63, 3.8) is 0 Å². The van der Waals surface area contributed by atoms with Crippen molar-refractivity contribution in [2.45, 2.75) is 19.8 Å². The normalized spacial score (nSPS) is 10.7. The molecule has 0 bridgehead atoms. The van der Waals surface area contributed by atoms with Gasteiger partial charge in [0.15, 0.2) is 0 Å². The van der Waals surface area contributed by atoms with Crippen molar-refractivity contribution in [2.24, 2.45) is 0 Å². The molecule has 3 rings (SSSR count). The van der Waals surface area contributed by atoms with E-state index in [4.69, 9.17) is 4.52 Å². The summed E-state index contributed by atoms with van der Waals surface area (Å²) in [5, 5.41) is 4.06. The molecule has 0 atom stereocenters. The van der Waals surface area contributed by atoms with Crippen molar-refractivity contribution >= 4 is 5.69 Å². The minimum atomic E-state index is 0.663. The first-order valence-electron chi connectivity index (χ1n) is 8.05. The molecule has 0 radical (unpaired) electrons. The number of nitrogens with zero attached hydrogens (tertiary/aromatic N) is 3. The summed E-state index contributed by atoms with van der Waals surface area (Å²) >= 11 is 0. The summed E-state index contributed by atoms with van der Waals surface area (Å²) < 4.78 is 5.36. The van der Waals surface area contributed by atoms with Gasteiger partial charge in [-0.3, -0.25) is 0 Å². The molecule has 1 aromatic heterocycles. The second-order valence-corrected chi connectivity index (χ2v) is 5.40. The SMILES string of the molecule is CCN(CCCc1nc(-c2ccccc2)no1)c1ccccc1. The van der Waals surface area contributed by atoms with Gasteiger partial charge in [0.2, 0.25) is 11.7 Å². The zero-order valence-electron chi connectivity index (χ0n) is 13.4. The van der Waals surface area contributed by atoms with Gasteiger partial charge in [-0.25, -0.2) is 0 Å². The van der Waals surface area contributed by atoms with Crippen LogP contribution in [0.5, 0.6) is 0 Å². The van der Waals surface area contributed by atoms with Gasteiger partial charge in [-0.05, 0) is 25.5 Å². The average molecular weight is 307 g/mol. The summed E-state index contributed by atoms with van der Waals surface area (Å²) in [6.07, 6.45) is 1.78. The van der Waals surface area contributed by atoms with Crippen LogP contribution in [0.1, 0.15) is 19.2 Å². The van der Waals surface area contributed by atoms with Gasteiger partial charge in [0.05, 0.1) is 0 Å². The molecule has 4 heteroatoms. The number of anilines is 1. The van der Waals surface area contributed by atoms with Crippen molar-refractivity contribution < 1.29 is 4.52 Å². The Balaban J connectivity index is 1.56. The molecule has 0 saturated heterocycles. The molecule has 0 aliphatic carbocycles. The lowest BCUT2D eigenvalue weighted by Gasteiger charge is -2.22. The van der Waals surface area contributed by atoms with E-state index in [-0.39, 0.29) is 0 Å². The largest absolute Gasteiger partial charge is 0.372 e. The Morgan fingerprint density at radius 3 is 2.35 bits per heavy atom. The fraction of sp³-hybridized carbons (Fsp3) is 0.263. The molecule has 3 aromatic rings. The summed E-state index contributed by atoms with van der Waals surface area (Å²) in [6, 6.07) is 20.4. The van der Waals surface area contributed by atoms with E-state index in [0.29, 0.717) is 11.7 Å². The summed E-state index contributed by atoms with van der Waals surface area (Å²) in [5.41, 5.74) is 2.24. The molecule has 0 unspecified atom stereocenters. The Hall–Kier alpha value is -2.62. The number of aromatic nitrogens is 2. The van der Waals surface area contributed by atoms with Gasteiger partial charge < -0.3 is 9.42 Å². The van der Waals surface area contributed by atoms with Crippen LogP contribution >= 0.6 is 0 Å². The topological polar surface area (TPSA) is 42.2 Å². The second-order valence-electron chi connectivity index (χ2n) is 5.40. The van der Waals surface area contributed by atoms with Gasteiger partial charge in [0.1, 0.15) is 0 Å². The first-order chi connectivity index (χ1) is 11.4. The van der Waals surface area contributed by atoms with Crippen molar-refractivity contribution in [3.05, 3.63) is 66.6 Å². The fourth-order valence-electron chi connectivity index (χ4n) is 2.59. The van der Waals surface area contributed by atoms with Crippen LogP contribution in [0.2, 0.25) is 0 Å². The van der Waals surface area contributed by atoms with E-state index in [0.717, 1.165) is 31.5 Å². The van der Waals surface area contributed by atoms with Crippen LogP contribution < -0.4 is 4.90 Å². The molecular formula is C19H21N3O. The van der Waals surface area contributed by atoms with Crippen LogP contribution in [-0.2, 0) is 6.42 Å². The van der Waals surface area contributed by atoms with E-state index in [1.54, 1.807) is 0 Å². The van der Waals surface area contributed by atoms with E-state index in [1.165, 1.54) is 5.69 Å². The molecule has 0 saturated carbocycles. The minimum absolute atomic E-state index is 0.663. The maximum absolute atomic E-state index is 5.36. The average Bonchev–Trinajstić information content (AvgIpc) is 3.09. The van der Waals surface area contributed by atoms with Crippen LogP contribution in [0.4, 0.5) is 5.69 Å². The fourth-order valence-corrected chi connectivity index (χ4v) is 2.59.